The molecule has 7 heteroatoms. The van der Waals surface area contributed by atoms with Gasteiger partial charge in [0.05, 0.1) is 11.0 Å². The third kappa shape index (κ3) is 3.60. The van der Waals surface area contributed by atoms with Gasteiger partial charge in [-0.15, -0.1) is 0 Å². The molecule has 1 heterocycles. The van der Waals surface area contributed by atoms with Crippen LogP contribution in [-0.2, 0) is 21.3 Å². The van der Waals surface area contributed by atoms with Crippen molar-refractivity contribution >= 4 is 10.0 Å². The fourth-order valence-electron chi connectivity index (χ4n) is 2.15. The maximum absolute atomic E-state index is 12.2. The van der Waals surface area contributed by atoms with Crippen molar-refractivity contribution in [2.75, 3.05) is 13.2 Å². The molecule has 2 rings (SSSR count). The second-order valence-electron chi connectivity index (χ2n) is 5.13. The van der Waals surface area contributed by atoms with Gasteiger partial charge in [0.15, 0.2) is 0 Å². The van der Waals surface area contributed by atoms with Crippen LogP contribution >= 0.6 is 0 Å². The first kappa shape index (κ1) is 15.5. The zero-order valence-corrected chi connectivity index (χ0v) is 12.8. The number of aromatic nitrogens is 1. The lowest BCUT2D eigenvalue weighted by atomic mass is 10.4. The lowest BCUT2D eigenvalue weighted by Gasteiger charge is -2.12. The van der Waals surface area contributed by atoms with E-state index in [1.54, 1.807) is 12.3 Å². The van der Waals surface area contributed by atoms with Crippen LogP contribution in [0.3, 0.4) is 0 Å². The Hall–Kier alpha value is -0.890. The van der Waals surface area contributed by atoms with Crippen LogP contribution in [-0.4, -0.2) is 32.2 Å². The van der Waals surface area contributed by atoms with Gasteiger partial charge in [-0.1, -0.05) is 0 Å². The quantitative estimate of drug-likeness (QED) is 0.749. The average molecular weight is 301 g/mol. The van der Waals surface area contributed by atoms with Crippen LogP contribution in [0, 0.1) is 0 Å². The minimum Gasteiger partial charge on any atom is -0.377 e. The van der Waals surface area contributed by atoms with E-state index in [-0.39, 0.29) is 17.5 Å². The zero-order valence-electron chi connectivity index (χ0n) is 12.0. The third-order valence-corrected chi connectivity index (χ3v) is 4.77. The van der Waals surface area contributed by atoms with Crippen LogP contribution in [0.15, 0.2) is 17.2 Å². The molecule has 20 heavy (non-hydrogen) atoms. The van der Waals surface area contributed by atoms with Crippen molar-refractivity contribution in [3.8, 4) is 0 Å². The lowest BCUT2D eigenvalue weighted by Crippen LogP contribution is -2.32. The number of sulfonamides is 1. The standard InChI is InChI=1S/C13H23N3O3S/c1-3-19-10(2)8-15-20(17,18)13-6-12(7-14)16(9-13)11-4-5-11/h6,9-11,15H,3-5,7-8,14H2,1-2H3. The number of hydrogen-bond donors (Lipinski definition) is 2. The Kier molecular flexibility index (Phi) is 4.85. The minimum atomic E-state index is -3.50. The molecule has 1 aromatic heterocycles. The van der Waals surface area contributed by atoms with Crippen LogP contribution in [0.5, 0.6) is 0 Å². The van der Waals surface area contributed by atoms with Crippen molar-refractivity contribution in [2.24, 2.45) is 5.73 Å². The monoisotopic (exact) mass is 301 g/mol. The molecule has 0 amide bonds. The average Bonchev–Trinajstić information content (AvgIpc) is 3.15. The van der Waals surface area contributed by atoms with E-state index in [0.717, 1.165) is 18.5 Å². The third-order valence-electron chi connectivity index (χ3n) is 3.38. The van der Waals surface area contributed by atoms with Gasteiger partial charge in [0.1, 0.15) is 0 Å². The highest BCUT2D eigenvalue weighted by atomic mass is 32.2. The number of nitrogens with two attached hydrogens (primary N) is 1. The molecule has 1 aliphatic carbocycles. The van der Waals surface area contributed by atoms with Crippen LogP contribution < -0.4 is 10.5 Å². The van der Waals surface area contributed by atoms with E-state index in [1.165, 1.54) is 0 Å². The Morgan fingerprint density at radius 3 is 2.80 bits per heavy atom. The molecule has 0 spiro atoms. The predicted molar refractivity (Wildman–Crippen MR) is 76.9 cm³/mol. The van der Waals surface area contributed by atoms with Crippen LogP contribution in [0.4, 0.5) is 0 Å². The predicted octanol–water partition coefficient (Wildman–Crippen LogP) is 0.985. The van der Waals surface area contributed by atoms with Crippen molar-refractivity contribution in [1.29, 1.82) is 0 Å². The SMILES string of the molecule is CCOC(C)CNS(=O)(=O)c1cc(CN)n(C2CC2)c1. The molecular formula is C13H23N3O3S. The molecular weight excluding hydrogens is 278 g/mol. The largest absolute Gasteiger partial charge is 0.377 e. The van der Waals surface area contributed by atoms with E-state index in [0.29, 0.717) is 19.2 Å². The summed E-state index contributed by atoms with van der Waals surface area (Å²) in [6, 6.07) is 2.08. The summed E-state index contributed by atoms with van der Waals surface area (Å²) in [5.41, 5.74) is 6.54. The summed E-state index contributed by atoms with van der Waals surface area (Å²) in [5.74, 6) is 0. The normalized spacial score (nSPS) is 17.4. The van der Waals surface area contributed by atoms with Gasteiger partial charge in [-0.05, 0) is 32.8 Å². The molecule has 1 fully saturated rings. The van der Waals surface area contributed by atoms with Gasteiger partial charge in [0.25, 0.3) is 0 Å². The molecule has 3 N–H and O–H groups in total. The summed E-state index contributed by atoms with van der Waals surface area (Å²) >= 11 is 0. The first-order chi connectivity index (χ1) is 9.47. The topological polar surface area (TPSA) is 86.3 Å². The summed E-state index contributed by atoms with van der Waals surface area (Å²) in [6.07, 6.45) is 3.73. The van der Waals surface area contributed by atoms with Gasteiger partial charge in [-0.2, -0.15) is 0 Å². The Balaban J connectivity index is 2.09. The summed E-state index contributed by atoms with van der Waals surface area (Å²) in [6.45, 7) is 4.91. The second kappa shape index (κ2) is 6.26. The fourth-order valence-corrected chi connectivity index (χ4v) is 3.32. The molecule has 1 atom stereocenters. The fraction of sp³-hybridized carbons (Fsp3) is 0.692. The molecule has 0 bridgehead atoms. The zero-order chi connectivity index (χ0) is 14.8. The van der Waals surface area contributed by atoms with Crippen molar-refractivity contribution in [2.45, 2.75) is 50.3 Å². The smallest absolute Gasteiger partial charge is 0.242 e. The molecule has 1 unspecified atom stereocenters. The summed E-state index contributed by atoms with van der Waals surface area (Å²) in [4.78, 5) is 0.286. The Labute approximate surface area is 120 Å². The van der Waals surface area contributed by atoms with Gasteiger partial charge in [-0.3, -0.25) is 0 Å². The molecule has 1 aliphatic rings. The van der Waals surface area contributed by atoms with E-state index >= 15 is 0 Å². The van der Waals surface area contributed by atoms with Gasteiger partial charge >= 0.3 is 0 Å². The molecule has 114 valence electrons. The molecule has 1 saturated carbocycles. The van der Waals surface area contributed by atoms with Crippen molar-refractivity contribution in [3.63, 3.8) is 0 Å². The molecule has 0 radical (unpaired) electrons. The van der Waals surface area contributed by atoms with Crippen molar-refractivity contribution < 1.29 is 13.2 Å². The van der Waals surface area contributed by atoms with E-state index in [1.807, 2.05) is 18.4 Å². The molecule has 0 saturated heterocycles. The van der Waals surface area contributed by atoms with E-state index in [9.17, 15) is 8.42 Å². The first-order valence-electron chi connectivity index (χ1n) is 7.00. The Bertz CT molecular complexity index is 549. The summed E-state index contributed by atoms with van der Waals surface area (Å²) in [5, 5.41) is 0. The highest BCUT2D eigenvalue weighted by molar-refractivity contribution is 7.89. The van der Waals surface area contributed by atoms with Gasteiger partial charge in [0, 0.05) is 37.6 Å². The highest BCUT2D eigenvalue weighted by Crippen LogP contribution is 2.37. The summed E-state index contributed by atoms with van der Waals surface area (Å²) < 4.78 is 34.4. The van der Waals surface area contributed by atoms with Crippen LogP contribution in [0.2, 0.25) is 0 Å². The van der Waals surface area contributed by atoms with Gasteiger partial charge in [0.2, 0.25) is 10.0 Å². The number of ether oxygens (including phenoxy) is 1. The Morgan fingerprint density at radius 2 is 2.25 bits per heavy atom. The Morgan fingerprint density at radius 1 is 1.55 bits per heavy atom. The second-order valence-corrected chi connectivity index (χ2v) is 6.89. The van der Waals surface area contributed by atoms with E-state index in [4.69, 9.17) is 10.5 Å². The van der Waals surface area contributed by atoms with Crippen molar-refractivity contribution in [1.82, 2.24) is 9.29 Å². The van der Waals surface area contributed by atoms with Crippen LogP contribution in [0.25, 0.3) is 0 Å². The van der Waals surface area contributed by atoms with E-state index in [2.05, 4.69) is 4.72 Å². The van der Waals surface area contributed by atoms with Gasteiger partial charge in [-0.25, -0.2) is 13.1 Å². The van der Waals surface area contributed by atoms with Crippen LogP contribution in [0.1, 0.15) is 38.4 Å². The maximum Gasteiger partial charge on any atom is 0.242 e. The summed E-state index contributed by atoms with van der Waals surface area (Å²) in [7, 11) is -3.50. The minimum absolute atomic E-state index is 0.144. The number of rotatable bonds is 8. The van der Waals surface area contributed by atoms with Crippen molar-refractivity contribution in [3.05, 3.63) is 18.0 Å². The molecule has 0 aromatic carbocycles. The molecule has 0 aliphatic heterocycles. The molecule has 6 nitrogen and oxygen atoms in total. The van der Waals surface area contributed by atoms with Gasteiger partial charge < -0.3 is 15.0 Å². The number of nitrogens with one attached hydrogen (secondary N) is 1. The first-order valence-corrected chi connectivity index (χ1v) is 8.48. The maximum atomic E-state index is 12.2. The van der Waals surface area contributed by atoms with E-state index < -0.39 is 10.0 Å². The number of hydrogen-bond acceptors (Lipinski definition) is 4. The molecule has 1 aromatic rings. The highest BCUT2D eigenvalue weighted by Gasteiger charge is 2.27. The number of nitrogens with zero attached hydrogens (tertiary/aromatic N) is 1. The lowest BCUT2D eigenvalue weighted by molar-refractivity contribution is 0.0799.